The first-order chi connectivity index (χ1) is 3.84. The molecule has 0 amide bonds. The normalized spacial score (nSPS) is 18.6. The average molecular weight is 111 g/mol. The van der Waals surface area contributed by atoms with Crippen molar-refractivity contribution < 1.29 is 0 Å². The predicted octanol–water partition coefficient (Wildman–Crippen LogP) is -0.0116. The Bertz CT molecular complexity index is 128. The van der Waals surface area contributed by atoms with Gasteiger partial charge in [0.05, 0.1) is 6.54 Å². The van der Waals surface area contributed by atoms with Gasteiger partial charge in [0, 0.05) is 13.6 Å². The molecule has 0 N–H and O–H groups in total. The lowest BCUT2D eigenvalue weighted by atomic mass is 10.6. The Morgan fingerprint density at radius 3 is 2.88 bits per heavy atom. The molecule has 1 rings (SSSR count). The van der Waals surface area contributed by atoms with E-state index < -0.39 is 0 Å². The molecule has 8 heavy (non-hydrogen) atoms. The van der Waals surface area contributed by atoms with Crippen LogP contribution in [0.2, 0.25) is 0 Å². The minimum atomic E-state index is 0.769. The zero-order chi connectivity index (χ0) is 5.98. The van der Waals surface area contributed by atoms with Crippen molar-refractivity contribution in [1.29, 1.82) is 0 Å². The minimum Gasteiger partial charge on any atom is -0.342 e. The van der Waals surface area contributed by atoms with Crippen LogP contribution in [0.4, 0.5) is 0 Å². The Kier molecular flexibility index (Phi) is 1.28. The van der Waals surface area contributed by atoms with Crippen LogP contribution in [0.1, 0.15) is 0 Å². The highest BCUT2D eigenvalue weighted by molar-refractivity contribution is 5.85. The van der Waals surface area contributed by atoms with Crippen LogP contribution in [0.5, 0.6) is 0 Å². The summed E-state index contributed by atoms with van der Waals surface area (Å²) < 4.78 is 0. The quantitative estimate of drug-likeness (QED) is 0.404. The van der Waals surface area contributed by atoms with E-state index in [4.69, 9.17) is 0 Å². The number of likely N-dealkylation sites (N-methyl/N-ethyl adjacent to an activating group) is 1. The molecule has 0 atom stereocenters. The van der Waals surface area contributed by atoms with Crippen molar-refractivity contribution >= 4 is 12.7 Å². The number of guanidine groups is 1. The summed E-state index contributed by atoms with van der Waals surface area (Å²) in [5, 5.41) is 0. The molecule has 0 aliphatic carbocycles. The van der Waals surface area contributed by atoms with E-state index in [1.54, 1.807) is 0 Å². The first-order valence-electron chi connectivity index (χ1n) is 2.57. The Balaban J connectivity index is 2.62. The van der Waals surface area contributed by atoms with Crippen molar-refractivity contribution in [3.8, 4) is 0 Å². The van der Waals surface area contributed by atoms with Crippen LogP contribution >= 0.6 is 0 Å². The molecule has 0 radical (unpaired) electrons. The van der Waals surface area contributed by atoms with Gasteiger partial charge in [-0.3, -0.25) is 0 Å². The summed E-state index contributed by atoms with van der Waals surface area (Å²) in [7, 11) is 1.96. The van der Waals surface area contributed by atoms with Gasteiger partial charge in [0.2, 0.25) is 5.96 Å². The van der Waals surface area contributed by atoms with Gasteiger partial charge in [-0.15, -0.1) is 0 Å². The van der Waals surface area contributed by atoms with E-state index in [0.29, 0.717) is 0 Å². The van der Waals surface area contributed by atoms with E-state index in [0.717, 1.165) is 19.0 Å². The third-order valence-corrected chi connectivity index (χ3v) is 1.17. The second kappa shape index (κ2) is 1.94. The van der Waals surface area contributed by atoms with Gasteiger partial charge in [0.1, 0.15) is 0 Å². The standard InChI is InChI=1S/C5H9N3/c1-6-5-7-3-4-8(5)2/h1,3-4H2,2H3. The second-order valence-corrected chi connectivity index (χ2v) is 1.76. The van der Waals surface area contributed by atoms with Crippen molar-refractivity contribution in [3.05, 3.63) is 0 Å². The molecule has 3 heteroatoms. The van der Waals surface area contributed by atoms with Gasteiger partial charge in [-0.05, 0) is 6.72 Å². The monoisotopic (exact) mass is 111 g/mol. The molecule has 0 fully saturated rings. The van der Waals surface area contributed by atoms with Crippen molar-refractivity contribution in [1.82, 2.24) is 4.90 Å². The summed E-state index contributed by atoms with van der Waals surface area (Å²) in [5.41, 5.74) is 0. The molecule has 0 aromatic heterocycles. The van der Waals surface area contributed by atoms with E-state index in [-0.39, 0.29) is 0 Å². The number of hydrogen-bond acceptors (Lipinski definition) is 3. The molecule has 1 heterocycles. The fourth-order valence-electron chi connectivity index (χ4n) is 0.691. The summed E-state index contributed by atoms with van der Waals surface area (Å²) in [6.07, 6.45) is 0. The van der Waals surface area contributed by atoms with Crippen LogP contribution in [-0.4, -0.2) is 37.7 Å². The molecular weight excluding hydrogens is 102 g/mol. The number of aliphatic imine (C=N–C) groups is 2. The van der Waals surface area contributed by atoms with Crippen molar-refractivity contribution in [3.63, 3.8) is 0 Å². The summed E-state index contributed by atoms with van der Waals surface area (Å²) in [6.45, 7) is 5.22. The summed E-state index contributed by atoms with van der Waals surface area (Å²) in [5.74, 6) is 0.769. The molecule has 0 aromatic carbocycles. The highest BCUT2D eigenvalue weighted by Crippen LogP contribution is 1.96. The molecule has 1 aliphatic heterocycles. The molecule has 3 nitrogen and oxygen atoms in total. The van der Waals surface area contributed by atoms with E-state index in [2.05, 4.69) is 16.7 Å². The van der Waals surface area contributed by atoms with Crippen molar-refractivity contribution in [2.24, 2.45) is 9.98 Å². The topological polar surface area (TPSA) is 28.0 Å². The fourth-order valence-corrected chi connectivity index (χ4v) is 0.691. The summed E-state index contributed by atoms with van der Waals surface area (Å²) in [6, 6.07) is 0. The zero-order valence-electron chi connectivity index (χ0n) is 4.96. The summed E-state index contributed by atoms with van der Waals surface area (Å²) >= 11 is 0. The van der Waals surface area contributed by atoms with Crippen LogP contribution in [0.15, 0.2) is 9.98 Å². The zero-order valence-corrected chi connectivity index (χ0v) is 4.96. The van der Waals surface area contributed by atoms with Crippen LogP contribution in [0.3, 0.4) is 0 Å². The second-order valence-electron chi connectivity index (χ2n) is 1.76. The smallest absolute Gasteiger partial charge is 0.219 e. The van der Waals surface area contributed by atoms with Gasteiger partial charge in [0.25, 0.3) is 0 Å². The molecule has 0 spiro atoms. The van der Waals surface area contributed by atoms with E-state index in [9.17, 15) is 0 Å². The lowest BCUT2D eigenvalue weighted by Crippen LogP contribution is -2.20. The van der Waals surface area contributed by atoms with Gasteiger partial charge in [-0.2, -0.15) is 0 Å². The van der Waals surface area contributed by atoms with Crippen LogP contribution in [0, 0.1) is 0 Å². The molecule has 0 bridgehead atoms. The number of nitrogens with zero attached hydrogens (tertiary/aromatic N) is 3. The minimum absolute atomic E-state index is 0.769. The Labute approximate surface area is 48.7 Å². The molecule has 44 valence electrons. The van der Waals surface area contributed by atoms with Gasteiger partial charge in [-0.1, -0.05) is 0 Å². The van der Waals surface area contributed by atoms with E-state index in [1.807, 2.05) is 11.9 Å². The summed E-state index contributed by atoms with van der Waals surface area (Å²) in [4.78, 5) is 9.72. The maximum absolute atomic E-state index is 4.05. The molecule has 0 unspecified atom stereocenters. The van der Waals surface area contributed by atoms with Crippen LogP contribution < -0.4 is 0 Å². The van der Waals surface area contributed by atoms with Gasteiger partial charge in [0.15, 0.2) is 0 Å². The third kappa shape index (κ3) is 0.710. The van der Waals surface area contributed by atoms with Crippen LogP contribution in [-0.2, 0) is 0 Å². The highest BCUT2D eigenvalue weighted by atomic mass is 15.3. The average Bonchev–Trinajstić information content (AvgIpc) is 2.14. The SMILES string of the molecule is C=NC1=NCCN1C. The maximum Gasteiger partial charge on any atom is 0.219 e. The van der Waals surface area contributed by atoms with Gasteiger partial charge in [-0.25, -0.2) is 9.98 Å². The van der Waals surface area contributed by atoms with Crippen molar-refractivity contribution in [2.75, 3.05) is 20.1 Å². The molecule has 0 saturated carbocycles. The predicted molar refractivity (Wildman–Crippen MR) is 34.5 cm³/mol. The first-order valence-corrected chi connectivity index (χ1v) is 2.57. The molecule has 0 saturated heterocycles. The van der Waals surface area contributed by atoms with Gasteiger partial charge >= 0.3 is 0 Å². The van der Waals surface area contributed by atoms with Crippen LogP contribution in [0.25, 0.3) is 0 Å². The third-order valence-electron chi connectivity index (χ3n) is 1.17. The Hall–Kier alpha value is -0.860. The lowest BCUT2D eigenvalue weighted by molar-refractivity contribution is 0.551. The lowest BCUT2D eigenvalue weighted by Gasteiger charge is -2.06. The van der Waals surface area contributed by atoms with E-state index >= 15 is 0 Å². The molecular formula is C5H9N3. The largest absolute Gasteiger partial charge is 0.342 e. The number of rotatable bonds is 0. The molecule has 0 aromatic rings. The van der Waals surface area contributed by atoms with E-state index in [1.165, 1.54) is 0 Å². The highest BCUT2D eigenvalue weighted by Gasteiger charge is 2.08. The van der Waals surface area contributed by atoms with Gasteiger partial charge < -0.3 is 4.90 Å². The van der Waals surface area contributed by atoms with Crippen molar-refractivity contribution in [2.45, 2.75) is 0 Å². The Morgan fingerprint density at radius 1 is 1.88 bits per heavy atom. The Morgan fingerprint density at radius 2 is 2.62 bits per heavy atom. The maximum atomic E-state index is 4.05. The molecule has 1 aliphatic rings. The first kappa shape index (κ1) is 5.28. The number of hydrogen-bond donors (Lipinski definition) is 0. The fraction of sp³-hybridized carbons (Fsp3) is 0.600.